The van der Waals surface area contributed by atoms with Crippen LogP contribution >= 0.6 is 0 Å². The molecule has 0 aromatic carbocycles. The highest BCUT2D eigenvalue weighted by molar-refractivity contribution is 5.83. The van der Waals surface area contributed by atoms with E-state index in [-0.39, 0.29) is 5.92 Å². The molecule has 1 saturated carbocycles. The zero-order chi connectivity index (χ0) is 10.4. The van der Waals surface area contributed by atoms with Gasteiger partial charge in [-0.3, -0.25) is 4.79 Å². The first kappa shape index (κ1) is 11.0. The van der Waals surface area contributed by atoms with Crippen molar-refractivity contribution >= 4 is 5.78 Å². The van der Waals surface area contributed by atoms with Gasteiger partial charge in [0.1, 0.15) is 5.78 Å². The third-order valence-electron chi connectivity index (χ3n) is 2.89. The zero-order valence-electron chi connectivity index (χ0n) is 8.70. The van der Waals surface area contributed by atoms with Crippen LogP contribution in [-0.4, -0.2) is 5.78 Å². The summed E-state index contributed by atoms with van der Waals surface area (Å²) in [4.78, 5) is 11.5. The van der Waals surface area contributed by atoms with Crippen molar-refractivity contribution in [2.45, 2.75) is 39.0 Å². The topological polar surface area (TPSA) is 40.9 Å². The van der Waals surface area contributed by atoms with Gasteiger partial charge in [-0.15, -0.1) is 0 Å². The average Bonchev–Trinajstić information content (AvgIpc) is 2.50. The fourth-order valence-corrected chi connectivity index (χ4v) is 2.07. The number of hydrogen-bond donors (Lipinski definition) is 0. The molecule has 2 atom stereocenters. The molecule has 0 aliphatic heterocycles. The highest BCUT2D eigenvalue weighted by Gasteiger charge is 2.33. The second kappa shape index (κ2) is 5.59. The normalized spacial score (nSPS) is 27.0. The van der Waals surface area contributed by atoms with Crippen molar-refractivity contribution < 1.29 is 4.79 Å². The molecular weight excluding hydrogens is 174 g/mol. The maximum absolute atomic E-state index is 11.5. The summed E-state index contributed by atoms with van der Waals surface area (Å²) in [6.07, 6.45) is 8.15. The van der Waals surface area contributed by atoms with Crippen molar-refractivity contribution in [1.29, 1.82) is 5.26 Å². The monoisotopic (exact) mass is 191 g/mol. The molecule has 0 saturated heterocycles. The first-order valence-electron chi connectivity index (χ1n) is 5.34. The zero-order valence-corrected chi connectivity index (χ0v) is 8.70. The summed E-state index contributed by atoms with van der Waals surface area (Å²) >= 11 is 0. The summed E-state index contributed by atoms with van der Waals surface area (Å²) in [7, 11) is 0. The summed E-state index contributed by atoms with van der Waals surface area (Å²) in [5.74, 6) is 0.789. The van der Waals surface area contributed by atoms with Crippen LogP contribution in [0.5, 0.6) is 0 Å². The van der Waals surface area contributed by atoms with Crippen molar-refractivity contribution in [2.75, 3.05) is 0 Å². The number of carbonyl (C=O) groups excluding carboxylic acids is 1. The minimum absolute atomic E-state index is 0.123. The fourth-order valence-electron chi connectivity index (χ4n) is 2.07. The van der Waals surface area contributed by atoms with Gasteiger partial charge in [-0.05, 0) is 25.2 Å². The molecule has 1 fully saturated rings. The minimum Gasteiger partial charge on any atom is -0.299 e. The molecule has 0 amide bonds. The van der Waals surface area contributed by atoms with Gasteiger partial charge in [0.25, 0.3) is 0 Å². The Morgan fingerprint density at radius 3 is 3.00 bits per heavy atom. The Morgan fingerprint density at radius 2 is 2.36 bits per heavy atom. The predicted molar refractivity (Wildman–Crippen MR) is 55.5 cm³/mol. The average molecular weight is 191 g/mol. The second-order valence-electron chi connectivity index (χ2n) is 3.85. The highest BCUT2D eigenvalue weighted by atomic mass is 16.1. The molecular formula is C12H17NO. The van der Waals surface area contributed by atoms with E-state index >= 15 is 0 Å². The molecule has 0 spiro atoms. The SMILES string of the molecule is CC/C=C\CC1C(=O)CC[C@@H]1CC#N. The number of Topliss-reactive ketones (excluding diaryl/α,β-unsaturated/α-hetero) is 1. The predicted octanol–water partition coefficient (Wildman–Crippen LogP) is 2.85. The Hall–Kier alpha value is -1.10. The Kier molecular flexibility index (Phi) is 4.39. The van der Waals surface area contributed by atoms with Gasteiger partial charge in [-0.1, -0.05) is 19.1 Å². The van der Waals surface area contributed by atoms with E-state index in [4.69, 9.17) is 5.26 Å². The third kappa shape index (κ3) is 2.70. The van der Waals surface area contributed by atoms with Gasteiger partial charge in [0, 0.05) is 18.8 Å². The van der Waals surface area contributed by atoms with Crippen LogP contribution in [0, 0.1) is 23.2 Å². The van der Waals surface area contributed by atoms with Crippen molar-refractivity contribution in [3.05, 3.63) is 12.2 Å². The second-order valence-corrected chi connectivity index (χ2v) is 3.85. The summed E-state index contributed by atoms with van der Waals surface area (Å²) in [6, 6.07) is 2.17. The van der Waals surface area contributed by atoms with Crippen LogP contribution in [0.2, 0.25) is 0 Å². The quantitative estimate of drug-likeness (QED) is 0.641. The van der Waals surface area contributed by atoms with Crippen LogP contribution in [0.4, 0.5) is 0 Å². The van der Waals surface area contributed by atoms with Crippen LogP contribution in [0.25, 0.3) is 0 Å². The van der Waals surface area contributed by atoms with Crippen molar-refractivity contribution in [3.8, 4) is 6.07 Å². The van der Waals surface area contributed by atoms with Crippen molar-refractivity contribution in [1.82, 2.24) is 0 Å². The van der Waals surface area contributed by atoms with Crippen molar-refractivity contribution in [3.63, 3.8) is 0 Å². The Balaban J connectivity index is 2.50. The maximum atomic E-state index is 11.5. The van der Waals surface area contributed by atoms with E-state index in [2.05, 4.69) is 25.1 Å². The Morgan fingerprint density at radius 1 is 1.57 bits per heavy atom. The largest absolute Gasteiger partial charge is 0.299 e. The van der Waals surface area contributed by atoms with Crippen LogP contribution in [0.3, 0.4) is 0 Å². The minimum atomic E-state index is 0.123. The van der Waals surface area contributed by atoms with Gasteiger partial charge >= 0.3 is 0 Å². The Labute approximate surface area is 85.6 Å². The van der Waals surface area contributed by atoms with Crippen LogP contribution < -0.4 is 0 Å². The van der Waals surface area contributed by atoms with Gasteiger partial charge in [-0.25, -0.2) is 0 Å². The standard InChI is InChI=1S/C12H17NO/c1-2-3-4-5-11-10(8-9-13)6-7-12(11)14/h3-4,10-11H,2,5-8H2,1H3/b4-3-/t10-,11?/m1/s1. The number of nitriles is 1. The van der Waals surface area contributed by atoms with Gasteiger partial charge < -0.3 is 0 Å². The molecule has 0 aromatic rings. The van der Waals surface area contributed by atoms with Crippen molar-refractivity contribution in [2.24, 2.45) is 11.8 Å². The van der Waals surface area contributed by atoms with E-state index < -0.39 is 0 Å². The molecule has 1 unspecified atom stereocenters. The number of allylic oxidation sites excluding steroid dienone is 2. The van der Waals surface area contributed by atoms with E-state index in [1.54, 1.807) is 0 Å². The molecule has 1 aliphatic rings. The van der Waals surface area contributed by atoms with E-state index in [1.807, 2.05) is 0 Å². The fraction of sp³-hybridized carbons (Fsp3) is 0.667. The van der Waals surface area contributed by atoms with Gasteiger partial charge in [0.2, 0.25) is 0 Å². The summed E-state index contributed by atoms with van der Waals surface area (Å²) < 4.78 is 0. The molecule has 1 rings (SSSR count). The molecule has 2 nitrogen and oxygen atoms in total. The third-order valence-corrected chi connectivity index (χ3v) is 2.89. The maximum Gasteiger partial charge on any atom is 0.136 e. The summed E-state index contributed by atoms with van der Waals surface area (Å²) in [6.45, 7) is 2.08. The van der Waals surface area contributed by atoms with E-state index in [1.165, 1.54) is 0 Å². The van der Waals surface area contributed by atoms with Gasteiger partial charge in [-0.2, -0.15) is 5.26 Å². The molecule has 1 aliphatic carbocycles. The number of rotatable bonds is 4. The van der Waals surface area contributed by atoms with Gasteiger partial charge in [0.15, 0.2) is 0 Å². The lowest BCUT2D eigenvalue weighted by Gasteiger charge is -2.12. The van der Waals surface area contributed by atoms with Crippen LogP contribution in [0.15, 0.2) is 12.2 Å². The summed E-state index contributed by atoms with van der Waals surface area (Å²) in [5.41, 5.74) is 0. The molecule has 14 heavy (non-hydrogen) atoms. The van der Waals surface area contributed by atoms with Gasteiger partial charge in [0.05, 0.1) is 6.07 Å². The molecule has 0 radical (unpaired) electrons. The smallest absolute Gasteiger partial charge is 0.136 e. The first-order valence-corrected chi connectivity index (χ1v) is 5.34. The molecule has 0 heterocycles. The number of carbonyl (C=O) groups is 1. The number of nitrogens with zero attached hydrogens (tertiary/aromatic N) is 1. The molecule has 0 bridgehead atoms. The lowest BCUT2D eigenvalue weighted by atomic mass is 9.90. The summed E-state index contributed by atoms with van der Waals surface area (Å²) in [5, 5.41) is 8.62. The molecule has 0 N–H and O–H groups in total. The number of ketones is 1. The first-order chi connectivity index (χ1) is 6.79. The lowest BCUT2D eigenvalue weighted by molar-refractivity contribution is -0.121. The van der Waals surface area contributed by atoms with E-state index in [0.29, 0.717) is 24.5 Å². The Bertz CT molecular complexity index is 262. The van der Waals surface area contributed by atoms with E-state index in [9.17, 15) is 4.79 Å². The lowest BCUT2D eigenvalue weighted by Crippen LogP contribution is -2.13. The van der Waals surface area contributed by atoms with E-state index in [0.717, 1.165) is 19.3 Å². The number of hydrogen-bond acceptors (Lipinski definition) is 2. The highest BCUT2D eigenvalue weighted by Crippen LogP contribution is 2.33. The molecule has 2 heteroatoms. The molecule has 0 aromatic heterocycles. The molecule has 76 valence electrons. The van der Waals surface area contributed by atoms with Crippen LogP contribution in [0.1, 0.15) is 39.0 Å². The van der Waals surface area contributed by atoms with Crippen LogP contribution in [-0.2, 0) is 4.79 Å².